The Morgan fingerprint density at radius 3 is 2.64 bits per heavy atom. The van der Waals surface area contributed by atoms with Gasteiger partial charge in [0.05, 0.1) is 0 Å². The van der Waals surface area contributed by atoms with Crippen LogP contribution in [0, 0.1) is 11.3 Å². The first-order valence-corrected chi connectivity index (χ1v) is 5.72. The number of carbonyl (C=O) groups excluding carboxylic acids is 1. The van der Waals surface area contributed by atoms with Gasteiger partial charge >= 0.3 is 5.97 Å². The predicted octanol–water partition coefficient (Wildman–Crippen LogP) is 2.98. The second-order valence-corrected chi connectivity index (χ2v) is 5.43. The van der Waals surface area contributed by atoms with Crippen molar-refractivity contribution < 1.29 is 9.53 Å². The van der Waals surface area contributed by atoms with Crippen molar-refractivity contribution in [3.05, 3.63) is 0 Å². The van der Waals surface area contributed by atoms with Crippen molar-refractivity contribution in [1.82, 2.24) is 0 Å². The number of ether oxygens (including phenoxy) is 1. The molecule has 0 aromatic rings. The van der Waals surface area contributed by atoms with Crippen molar-refractivity contribution >= 4 is 17.6 Å². The van der Waals surface area contributed by atoms with E-state index in [-0.39, 0.29) is 23.4 Å². The van der Waals surface area contributed by atoms with Gasteiger partial charge in [-0.2, -0.15) is 0 Å². The van der Waals surface area contributed by atoms with Crippen molar-refractivity contribution in [3.8, 4) is 0 Å². The molecular weight excluding hydrogens is 200 g/mol. The van der Waals surface area contributed by atoms with Crippen LogP contribution in [0.3, 0.4) is 0 Å². The minimum atomic E-state index is -0.290. The highest BCUT2D eigenvalue weighted by molar-refractivity contribution is 6.26. The molecule has 82 valence electrons. The third kappa shape index (κ3) is 3.49. The van der Waals surface area contributed by atoms with Crippen LogP contribution in [-0.4, -0.2) is 18.0 Å². The lowest BCUT2D eigenvalue weighted by Gasteiger charge is -2.38. The molecule has 2 nitrogen and oxygen atoms in total. The number of carbonyl (C=O) groups is 1. The molecule has 2 atom stereocenters. The summed E-state index contributed by atoms with van der Waals surface area (Å²) in [5.74, 6) is 0.305. The molecule has 0 amide bonds. The first-order chi connectivity index (χ1) is 6.43. The number of esters is 1. The normalized spacial score (nSPS) is 31.1. The second-order valence-electron chi connectivity index (χ2n) is 5.16. The molecule has 0 aromatic carbocycles. The molecule has 0 aliphatic heterocycles. The van der Waals surface area contributed by atoms with Crippen LogP contribution in [0.5, 0.6) is 0 Å². The summed E-state index contributed by atoms with van der Waals surface area (Å²) in [5.41, 5.74) is 0.287. The van der Waals surface area contributed by atoms with Crippen molar-refractivity contribution in [2.24, 2.45) is 11.3 Å². The lowest BCUT2D eigenvalue weighted by Crippen LogP contribution is -2.34. The van der Waals surface area contributed by atoms with E-state index in [9.17, 15) is 4.79 Å². The summed E-state index contributed by atoms with van der Waals surface area (Å²) < 4.78 is 5.28. The Hall–Kier alpha value is -0.240. The maximum Gasteiger partial charge on any atom is 0.321 e. The van der Waals surface area contributed by atoms with Crippen LogP contribution in [0.4, 0.5) is 0 Å². The molecule has 1 rings (SSSR count). The van der Waals surface area contributed by atoms with Gasteiger partial charge in [0.1, 0.15) is 12.0 Å². The van der Waals surface area contributed by atoms with Gasteiger partial charge in [-0.1, -0.05) is 20.8 Å². The maximum atomic E-state index is 11.0. The summed E-state index contributed by atoms with van der Waals surface area (Å²) in [6.45, 7) is 6.66. The van der Waals surface area contributed by atoms with Crippen molar-refractivity contribution in [2.75, 3.05) is 5.88 Å². The minimum Gasteiger partial charge on any atom is -0.461 e. The Labute approximate surface area is 91.0 Å². The Morgan fingerprint density at radius 2 is 2.14 bits per heavy atom. The predicted molar refractivity (Wildman–Crippen MR) is 57.4 cm³/mol. The maximum absolute atomic E-state index is 11.0. The van der Waals surface area contributed by atoms with Gasteiger partial charge in [0.25, 0.3) is 0 Å². The van der Waals surface area contributed by atoms with Crippen LogP contribution in [-0.2, 0) is 9.53 Å². The lowest BCUT2D eigenvalue weighted by atomic mass is 9.71. The van der Waals surface area contributed by atoms with Gasteiger partial charge in [-0.25, -0.2) is 0 Å². The van der Waals surface area contributed by atoms with E-state index in [1.807, 2.05) is 0 Å². The van der Waals surface area contributed by atoms with Gasteiger partial charge in [-0.3, -0.25) is 4.79 Å². The standard InChI is InChI=1S/C11H19ClO2/c1-8-4-9(14-10(13)7-12)6-11(2,3)5-8/h8-9H,4-7H2,1-3H3/t8-,9+/m1/s1. The molecule has 1 aliphatic carbocycles. The summed E-state index contributed by atoms with van der Waals surface area (Å²) in [7, 11) is 0. The molecule has 14 heavy (non-hydrogen) atoms. The minimum absolute atomic E-state index is 0.0364. The number of alkyl halides is 1. The highest BCUT2D eigenvalue weighted by Crippen LogP contribution is 2.39. The summed E-state index contributed by atoms with van der Waals surface area (Å²) in [5, 5.41) is 0. The molecule has 0 radical (unpaired) electrons. The van der Waals surface area contributed by atoms with E-state index in [1.54, 1.807) is 0 Å². The molecule has 1 fully saturated rings. The number of rotatable bonds is 2. The third-order valence-corrected chi connectivity index (χ3v) is 2.97. The zero-order chi connectivity index (χ0) is 10.8. The lowest BCUT2D eigenvalue weighted by molar-refractivity contribution is -0.150. The van der Waals surface area contributed by atoms with Gasteiger partial charge in [0, 0.05) is 0 Å². The van der Waals surface area contributed by atoms with Gasteiger partial charge in [0.15, 0.2) is 0 Å². The molecule has 1 saturated carbocycles. The molecule has 0 heterocycles. The van der Waals surface area contributed by atoms with E-state index < -0.39 is 0 Å². The molecule has 3 heteroatoms. The molecule has 0 bridgehead atoms. The van der Waals surface area contributed by atoms with Gasteiger partial charge in [-0.05, 0) is 30.6 Å². The molecule has 1 aliphatic rings. The third-order valence-electron chi connectivity index (χ3n) is 2.75. The topological polar surface area (TPSA) is 26.3 Å². The van der Waals surface area contributed by atoms with E-state index >= 15 is 0 Å². The quantitative estimate of drug-likeness (QED) is 0.526. The van der Waals surface area contributed by atoms with E-state index in [2.05, 4.69) is 20.8 Å². The number of hydrogen-bond donors (Lipinski definition) is 0. The van der Waals surface area contributed by atoms with Crippen LogP contribution in [0.1, 0.15) is 40.0 Å². The smallest absolute Gasteiger partial charge is 0.321 e. The zero-order valence-electron chi connectivity index (χ0n) is 9.18. The number of halogens is 1. The van der Waals surface area contributed by atoms with Gasteiger partial charge in [0.2, 0.25) is 0 Å². The van der Waals surface area contributed by atoms with E-state index in [0.717, 1.165) is 12.8 Å². The fourth-order valence-corrected chi connectivity index (χ4v) is 2.63. The summed E-state index contributed by atoms with van der Waals surface area (Å²) in [4.78, 5) is 11.0. The number of hydrogen-bond acceptors (Lipinski definition) is 2. The fraction of sp³-hybridized carbons (Fsp3) is 0.909. The Morgan fingerprint density at radius 1 is 1.50 bits per heavy atom. The highest BCUT2D eigenvalue weighted by Gasteiger charge is 2.33. The Kier molecular flexibility index (Phi) is 3.82. The highest BCUT2D eigenvalue weighted by atomic mass is 35.5. The van der Waals surface area contributed by atoms with Crippen molar-refractivity contribution in [2.45, 2.75) is 46.1 Å². The fourth-order valence-electron chi connectivity index (χ4n) is 2.57. The first kappa shape index (κ1) is 11.8. The van der Waals surface area contributed by atoms with Crippen LogP contribution in [0.15, 0.2) is 0 Å². The summed E-state index contributed by atoms with van der Waals surface area (Å²) >= 11 is 5.40. The average Bonchev–Trinajstić information content (AvgIpc) is 1.99. The Balaban J connectivity index is 2.50. The largest absolute Gasteiger partial charge is 0.461 e. The van der Waals surface area contributed by atoms with E-state index in [0.29, 0.717) is 5.92 Å². The Bertz CT molecular complexity index is 213. The van der Waals surface area contributed by atoms with Gasteiger partial charge in [-0.15, -0.1) is 11.6 Å². The average molecular weight is 219 g/mol. The van der Waals surface area contributed by atoms with E-state index in [4.69, 9.17) is 16.3 Å². The van der Waals surface area contributed by atoms with Gasteiger partial charge < -0.3 is 4.74 Å². The first-order valence-electron chi connectivity index (χ1n) is 5.18. The van der Waals surface area contributed by atoms with Crippen LogP contribution >= 0.6 is 11.6 Å². The van der Waals surface area contributed by atoms with Crippen molar-refractivity contribution in [1.29, 1.82) is 0 Å². The van der Waals surface area contributed by atoms with Crippen LogP contribution in [0.25, 0.3) is 0 Å². The SMILES string of the molecule is C[C@@H]1C[C@H](OC(=O)CCl)CC(C)(C)C1. The summed E-state index contributed by atoms with van der Waals surface area (Å²) in [6, 6.07) is 0. The molecule has 0 unspecified atom stereocenters. The monoisotopic (exact) mass is 218 g/mol. The molecule has 0 aromatic heterocycles. The van der Waals surface area contributed by atoms with Crippen LogP contribution < -0.4 is 0 Å². The van der Waals surface area contributed by atoms with Crippen LogP contribution in [0.2, 0.25) is 0 Å². The second kappa shape index (κ2) is 4.52. The molecule has 0 saturated heterocycles. The summed E-state index contributed by atoms with van der Waals surface area (Å²) in [6.07, 6.45) is 3.22. The van der Waals surface area contributed by atoms with Crippen molar-refractivity contribution in [3.63, 3.8) is 0 Å². The molecular formula is C11H19ClO2. The molecule has 0 spiro atoms. The molecule has 0 N–H and O–H groups in total. The zero-order valence-corrected chi connectivity index (χ0v) is 9.93. The van der Waals surface area contributed by atoms with E-state index in [1.165, 1.54) is 6.42 Å².